The fraction of sp³-hybridized carbons (Fsp3) is 0.438. The molecule has 1 fully saturated rings. The Hall–Kier alpha value is -4.54. The van der Waals surface area contributed by atoms with E-state index in [1.54, 1.807) is 32.8 Å². The van der Waals surface area contributed by atoms with Crippen LogP contribution >= 0.6 is 0 Å². The summed E-state index contributed by atoms with van der Waals surface area (Å²) in [7, 11) is 1.60. The molecule has 4 rings (SSSR count). The normalized spacial score (nSPS) is 14.6. The van der Waals surface area contributed by atoms with E-state index >= 15 is 0 Å². The number of H-pyrrole nitrogens is 1. The smallest absolute Gasteiger partial charge is 0.408 e. The second kappa shape index (κ2) is 14.1. The second-order valence-electron chi connectivity index (χ2n) is 11.7. The van der Waals surface area contributed by atoms with Crippen molar-refractivity contribution in [1.82, 2.24) is 25.8 Å². The van der Waals surface area contributed by atoms with Gasteiger partial charge in [0.2, 0.25) is 17.7 Å². The van der Waals surface area contributed by atoms with E-state index in [1.165, 1.54) is 0 Å². The number of rotatable bonds is 10. The van der Waals surface area contributed by atoms with Crippen molar-refractivity contribution in [1.29, 1.82) is 0 Å². The average molecular weight is 592 g/mol. The number of likely N-dealkylation sites (tertiary alicyclic amines) is 1. The van der Waals surface area contributed by atoms with Gasteiger partial charge >= 0.3 is 6.09 Å². The van der Waals surface area contributed by atoms with Crippen LogP contribution in [0.1, 0.15) is 44.7 Å². The first-order valence-corrected chi connectivity index (χ1v) is 14.5. The standard InChI is InChI=1S/C32H41N5O6/c1-32(2,3)43-31(41)35-20-28(38)37-15-13-22(14-16-37)29(39)36-27(17-23-19-33-26-8-6-5-7-25(23)26)30(40)34-18-21-9-11-24(42-4)12-10-21/h5-12,19,22,27,33H,13-18,20H2,1-4H3,(H,34,40)(H,35,41)(H,36,39)/t27-/m0/s1. The lowest BCUT2D eigenvalue weighted by molar-refractivity contribution is -0.136. The van der Waals surface area contributed by atoms with Gasteiger partial charge in [-0.15, -0.1) is 0 Å². The van der Waals surface area contributed by atoms with Gasteiger partial charge in [-0.1, -0.05) is 30.3 Å². The van der Waals surface area contributed by atoms with Gasteiger partial charge in [0.1, 0.15) is 23.9 Å². The number of nitrogens with zero attached hydrogens (tertiary/aromatic N) is 1. The van der Waals surface area contributed by atoms with E-state index in [4.69, 9.17) is 9.47 Å². The van der Waals surface area contributed by atoms with Crippen molar-refractivity contribution in [3.63, 3.8) is 0 Å². The van der Waals surface area contributed by atoms with Gasteiger partial charge in [-0.25, -0.2) is 4.79 Å². The Kier molecular flexibility index (Phi) is 10.3. The second-order valence-corrected chi connectivity index (χ2v) is 11.7. The molecule has 1 aliphatic rings. The number of piperidine rings is 1. The van der Waals surface area contributed by atoms with Crippen LogP contribution in [0.25, 0.3) is 10.9 Å². The van der Waals surface area contributed by atoms with Crippen molar-refractivity contribution in [2.24, 2.45) is 5.92 Å². The SMILES string of the molecule is COc1ccc(CNC(=O)[C@H](Cc2c[nH]c3ccccc23)NC(=O)C2CCN(C(=O)CNC(=O)OC(C)(C)C)CC2)cc1. The van der Waals surface area contributed by atoms with Gasteiger partial charge in [0.25, 0.3) is 0 Å². The number of carbonyl (C=O) groups excluding carboxylic acids is 4. The minimum absolute atomic E-state index is 0.174. The summed E-state index contributed by atoms with van der Waals surface area (Å²) in [6.45, 7) is 6.14. The molecular weight excluding hydrogens is 550 g/mol. The molecule has 230 valence electrons. The minimum Gasteiger partial charge on any atom is -0.497 e. The van der Waals surface area contributed by atoms with E-state index in [2.05, 4.69) is 20.9 Å². The highest BCUT2D eigenvalue weighted by Gasteiger charge is 2.31. The fourth-order valence-corrected chi connectivity index (χ4v) is 5.04. The van der Waals surface area contributed by atoms with Crippen molar-refractivity contribution in [3.05, 3.63) is 65.9 Å². The number of benzene rings is 2. The van der Waals surface area contributed by atoms with Gasteiger partial charge in [0.15, 0.2) is 0 Å². The molecule has 0 unspecified atom stereocenters. The summed E-state index contributed by atoms with van der Waals surface area (Å²) in [6.07, 6.45) is 2.45. The van der Waals surface area contributed by atoms with Crippen LogP contribution in [-0.2, 0) is 32.1 Å². The molecule has 0 saturated carbocycles. The number of aromatic amines is 1. The van der Waals surface area contributed by atoms with Crippen molar-refractivity contribution < 1.29 is 28.7 Å². The quantitative estimate of drug-likeness (QED) is 0.285. The first-order valence-electron chi connectivity index (χ1n) is 14.5. The average Bonchev–Trinajstić information content (AvgIpc) is 3.40. The lowest BCUT2D eigenvalue weighted by Gasteiger charge is -2.32. The van der Waals surface area contributed by atoms with E-state index in [1.807, 2.05) is 54.7 Å². The first kappa shape index (κ1) is 31.4. The molecule has 1 aromatic heterocycles. The lowest BCUT2D eigenvalue weighted by Crippen LogP contribution is -2.51. The maximum absolute atomic E-state index is 13.4. The number of aromatic nitrogens is 1. The zero-order valence-electron chi connectivity index (χ0n) is 25.2. The Labute approximate surface area is 251 Å². The molecule has 3 aromatic rings. The van der Waals surface area contributed by atoms with Crippen molar-refractivity contribution in [2.45, 2.75) is 58.2 Å². The Morgan fingerprint density at radius 3 is 2.37 bits per heavy atom. The van der Waals surface area contributed by atoms with E-state index in [0.717, 1.165) is 27.8 Å². The number of nitrogens with one attached hydrogen (secondary N) is 4. The van der Waals surface area contributed by atoms with E-state index in [9.17, 15) is 19.2 Å². The zero-order valence-corrected chi connectivity index (χ0v) is 25.2. The summed E-state index contributed by atoms with van der Waals surface area (Å²) in [5, 5.41) is 9.43. The predicted octanol–water partition coefficient (Wildman–Crippen LogP) is 3.28. The van der Waals surface area contributed by atoms with Gasteiger partial charge in [-0.2, -0.15) is 0 Å². The third-order valence-electron chi connectivity index (χ3n) is 7.36. The predicted molar refractivity (Wildman–Crippen MR) is 162 cm³/mol. The van der Waals surface area contributed by atoms with Crippen LogP contribution in [0, 0.1) is 5.92 Å². The van der Waals surface area contributed by atoms with Gasteiger partial charge in [-0.3, -0.25) is 14.4 Å². The Morgan fingerprint density at radius 2 is 1.70 bits per heavy atom. The third-order valence-corrected chi connectivity index (χ3v) is 7.36. The third kappa shape index (κ3) is 8.97. The van der Waals surface area contributed by atoms with Crippen molar-refractivity contribution in [3.8, 4) is 5.75 Å². The Balaban J connectivity index is 1.35. The van der Waals surface area contributed by atoms with Crippen LogP contribution in [0.5, 0.6) is 5.75 Å². The number of methoxy groups -OCH3 is 1. The highest BCUT2D eigenvalue weighted by atomic mass is 16.6. The number of amides is 4. The molecule has 2 aromatic carbocycles. The molecule has 43 heavy (non-hydrogen) atoms. The Bertz CT molecular complexity index is 1420. The maximum Gasteiger partial charge on any atom is 0.408 e. The number of para-hydroxylation sites is 1. The van der Waals surface area contributed by atoms with Gasteiger partial charge in [0, 0.05) is 49.1 Å². The van der Waals surface area contributed by atoms with Crippen LogP contribution in [0.15, 0.2) is 54.7 Å². The summed E-state index contributed by atoms with van der Waals surface area (Å²) < 4.78 is 10.4. The molecule has 11 heteroatoms. The largest absolute Gasteiger partial charge is 0.497 e. The topological polar surface area (TPSA) is 142 Å². The summed E-state index contributed by atoms with van der Waals surface area (Å²) in [4.78, 5) is 56.2. The monoisotopic (exact) mass is 591 g/mol. The lowest BCUT2D eigenvalue weighted by atomic mass is 9.94. The summed E-state index contributed by atoms with van der Waals surface area (Å²) in [5.41, 5.74) is 2.14. The van der Waals surface area contributed by atoms with Gasteiger partial charge < -0.3 is 35.3 Å². The number of ether oxygens (including phenoxy) is 2. The molecule has 11 nitrogen and oxygen atoms in total. The minimum atomic E-state index is -0.789. The molecule has 4 amide bonds. The first-order chi connectivity index (χ1) is 20.5. The molecule has 1 aliphatic heterocycles. The molecule has 4 N–H and O–H groups in total. The number of alkyl carbamates (subject to hydrolysis) is 1. The summed E-state index contributed by atoms with van der Waals surface area (Å²) in [6, 6.07) is 14.5. The van der Waals surface area contributed by atoms with Crippen LogP contribution < -0.4 is 20.7 Å². The molecule has 0 spiro atoms. The number of fused-ring (bicyclic) bond motifs is 1. The van der Waals surface area contributed by atoms with Gasteiger partial charge in [-0.05, 0) is 62.9 Å². The highest BCUT2D eigenvalue weighted by Crippen LogP contribution is 2.21. The van der Waals surface area contributed by atoms with Crippen LogP contribution in [0.2, 0.25) is 0 Å². The zero-order chi connectivity index (χ0) is 31.0. The molecule has 1 saturated heterocycles. The van der Waals surface area contributed by atoms with Gasteiger partial charge in [0.05, 0.1) is 7.11 Å². The number of carbonyl (C=O) groups is 4. The molecule has 0 radical (unpaired) electrons. The van der Waals surface area contributed by atoms with Crippen LogP contribution in [0.3, 0.4) is 0 Å². The highest BCUT2D eigenvalue weighted by molar-refractivity contribution is 5.90. The summed E-state index contributed by atoms with van der Waals surface area (Å²) >= 11 is 0. The number of hydrogen-bond donors (Lipinski definition) is 4. The molecule has 0 aliphatic carbocycles. The van der Waals surface area contributed by atoms with E-state index in [0.29, 0.717) is 38.9 Å². The number of hydrogen-bond acceptors (Lipinski definition) is 6. The Morgan fingerprint density at radius 1 is 1.00 bits per heavy atom. The van der Waals surface area contributed by atoms with Crippen LogP contribution in [-0.4, -0.2) is 72.1 Å². The van der Waals surface area contributed by atoms with Crippen LogP contribution in [0.4, 0.5) is 4.79 Å². The van der Waals surface area contributed by atoms with E-state index in [-0.39, 0.29) is 30.2 Å². The van der Waals surface area contributed by atoms with Crippen molar-refractivity contribution >= 4 is 34.7 Å². The molecular formula is C32H41N5O6. The fourth-order valence-electron chi connectivity index (χ4n) is 5.04. The molecule has 2 heterocycles. The molecule has 1 atom stereocenters. The van der Waals surface area contributed by atoms with E-state index < -0.39 is 17.7 Å². The van der Waals surface area contributed by atoms with Crippen molar-refractivity contribution in [2.75, 3.05) is 26.7 Å². The summed E-state index contributed by atoms with van der Waals surface area (Å²) in [5.74, 6) is -0.354. The molecule has 0 bridgehead atoms. The maximum atomic E-state index is 13.4.